The van der Waals surface area contributed by atoms with E-state index in [0.29, 0.717) is 12.2 Å². The molecule has 0 unspecified atom stereocenters. The van der Waals surface area contributed by atoms with Crippen molar-refractivity contribution in [2.24, 2.45) is 0 Å². The van der Waals surface area contributed by atoms with Crippen molar-refractivity contribution in [3.63, 3.8) is 0 Å². The van der Waals surface area contributed by atoms with Crippen LogP contribution < -0.4 is 5.32 Å². The number of hydrogen-bond acceptors (Lipinski definition) is 5. The maximum Gasteiger partial charge on any atom is 0.325 e. The van der Waals surface area contributed by atoms with Gasteiger partial charge in [0.25, 0.3) is 0 Å². The molecule has 1 fully saturated rings. The van der Waals surface area contributed by atoms with Crippen LogP contribution in [0.5, 0.6) is 0 Å². The summed E-state index contributed by atoms with van der Waals surface area (Å²) >= 11 is 1.53. The molecule has 1 aliphatic heterocycles. The summed E-state index contributed by atoms with van der Waals surface area (Å²) in [5.74, 6) is -0.319. The summed E-state index contributed by atoms with van der Waals surface area (Å²) in [5.41, 5.74) is 0. The van der Waals surface area contributed by atoms with Gasteiger partial charge in [-0.1, -0.05) is 0 Å². The first-order valence-corrected chi connectivity index (χ1v) is 6.13. The number of methoxy groups -OCH3 is 1. The lowest BCUT2D eigenvalue weighted by atomic mass is 10.2. The molecule has 0 aromatic carbocycles. The zero-order chi connectivity index (χ0) is 13.1. The van der Waals surface area contributed by atoms with Crippen LogP contribution in [0.15, 0.2) is 0 Å². The fourth-order valence-corrected chi connectivity index (χ4v) is 2.76. The highest BCUT2D eigenvalue weighted by atomic mass is 32.2. The van der Waals surface area contributed by atoms with Gasteiger partial charge in [-0.15, -0.1) is 11.8 Å². The van der Waals surface area contributed by atoms with Crippen molar-refractivity contribution in [1.29, 1.82) is 0 Å². The molecule has 0 saturated carbocycles. The summed E-state index contributed by atoms with van der Waals surface area (Å²) < 4.78 is 4.42. The van der Waals surface area contributed by atoms with E-state index >= 15 is 0 Å². The van der Waals surface area contributed by atoms with Crippen LogP contribution in [-0.4, -0.2) is 53.5 Å². The Balaban J connectivity index is 2.58. The van der Waals surface area contributed by atoms with Crippen LogP contribution in [-0.2, 0) is 19.1 Å². The lowest BCUT2D eigenvalue weighted by Crippen LogP contribution is -2.50. The van der Waals surface area contributed by atoms with Gasteiger partial charge in [0, 0.05) is 5.75 Å². The minimum absolute atomic E-state index is 0.177. The van der Waals surface area contributed by atoms with Gasteiger partial charge in [-0.25, -0.2) is 0 Å². The van der Waals surface area contributed by atoms with Crippen LogP contribution in [0.25, 0.3) is 0 Å². The van der Waals surface area contributed by atoms with Gasteiger partial charge in [0.2, 0.25) is 12.3 Å². The first-order valence-electron chi connectivity index (χ1n) is 5.14. The van der Waals surface area contributed by atoms with Crippen LogP contribution in [0, 0.1) is 0 Å². The molecule has 17 heavy (non-hydrogen) atoms. The Morgan fingerprint density at radius 3 is 2.76 bits per heavy atom. The summed E-state index contributed by atoms with van der Waals surface area (Å²) in [5, 5.41) is 2.45. The van der Waals surface area contributed by atoms with Gasteiger partial charge in [-0.05, 0) is 13.8 Å². The predicted octanol–water partition coefficient (Wildman–Crippen LogP) is -0.414. The van der Waals surface area contributed by atoms with Gasteiger partial charge in [-0.3, -0.25) is 14.4 Å². The summed E-state index contributed by atoms with van der Waals surface area (Å²) in [6, 6.07) is -0.530. The van der Waals surface area contributed by atoms with Gasteiger partial charge in [0.05, 0.1) is 12.0 Å². The van der Waals surface area contributed by atoms with Crippen molar-refractivity contribution >= 4 is 30.0 Å². The SMILES string of the molecule is COC(=O)CNC(=O)[C@@H]1CSC(C)(C)N1C=O. The van der Waals surface area contributed by atoms with Gasteiger partial charge < -0.3 is 15.0 Å². The molecule has 0 radical (unpaired) electrons. The quantitative estimate of drug-likeness (QED) is 0.549. The van der Waals surface area contributed by atoms with Crippen molar-refractivity contribution in [1.82, 2.24) is 10.2 Å². The number of hydrogen-bond donors (Lipinski definition) is 1. The number of thioether (sulfide) groups is 1. The molecule has 1 atom stereocenters. The maximum atomic E-state index is 11.8. The van der Waals surface area contributed by atoms with Gasteiger partial charge >= 0.3 is 5.97 Å². The van der Waals surface area contributed by atoms with E-state index in [4.69, 9.17) is 0 Å². The van der Waals surface area contributed by atoms with E-state index in [1.807, 2.05) is 13.8 Å². The first kappa shape index (κ1) is 13.8. The summed E-state index contributed by atoms with van der Waals surface area (Å²) in [7, 11) is 1.25. The van der Waals surface area contributed by atoms with Crippen molar-refractivity contribution < 1.29 is 19.1 Å². The highest BCUT2D eigenvalue weighted by Gasteiger charge is 2.42. The van der Waals surface area contributed by atoms with Gasteiger partial charge in [0.1, 0.15) is 12.6 Å². The number of carbonyl (C=O) groups excluding carboxylic acids is 3. The molecule has 1 rings (SSSR count). The Morgan fingerprint density at radius 1 is 1.59 bits per heavy atom. The lowest BCUT2D eigenvalue weighted by molar-refractivity contribution is -0.142. The lowest BCUT2D eigenvalue weighted by Gasteiger charge is -2.30. The number of nitrogens with zero attached hydrogens (tertiary/aromatic N) is 1. The van der Waals surface area contributed by atoms with E-state index in [9.17, 15) is 14.4 Å². The number of esters is 1. The van der Waals surface area contributed by atoms with Crippen molar-refractivity contribution in [2.75, 3.05) is 19.4 Å². The van der Waals surface area contributed by atoms with E-state index in [1.54, 1.807) is 0 Å². The third-order valence-corrected chi connectivity index (χ3v) is 4.00. The van der Waals surface area contributed by atoms with E-state index in [2.05, 4.69) is 10.1 Å². The highest BCUT2D eigenvalue weighted by molar-refractivity contribution is 8.00. The molecule has 0 aromatic heterocycles. The van der Waals surface area contributed by atoms with Crippen LogP contribution in [0.4, 0.5) is 0 Å². The van der Waals surface area contributed by atoms with Crippen LogP contribution in [0.2, 0.25) is 0 Å². The van der Waals surface area contributed by atoms with E-state index in [-0.39, 0.29) is 12.5 Å². The monoisotopic (exact) mass is 260 g/mol. The number of ether oxygens (including phenoxy) is 1. The molecule has 96 valence electrons. The number of amides is 2. The normalized spacial score (nSPS) is 22.1. The van der Waals surface area contributed by atoms with E-state index in [1.165, 1.54) is 23.8 Å². The predicted molar refractivity (Wildman–Crippen MR) is 63.3 cm³/mol. The molecule has 0 bridgehead atoms. The molecule has 1 saturated heterocycles. The zero-order valence-corrected chi connectivity index (χ0v) is 10.9. The Morgan fingerprint density at radius 2 is 2.24 bits per heavy atom. The van der Waals surface area contributed by atoms with Gasteiger partial charge in [-0.2, -0.15) is 0 Å². The summed E-state index contributed by atoms with van der Waals surface area (Å²) in [6.45, 7) is 3.57. The molecule has 7 heteroatoms. The van der Waals surface area contributed by atoms with Crippen molar-refractivity contribution in [3.8, 4) is 0 Å². The van der Waals surface area contributed by atoms with E-state index < -0.39 is 16.9 Å². The molecule has 1 heterocycles. The van der Waals surface area contributed by atoms with Crippen molar-refractivity contribution in [2.45, 2.75) is 24.8 Å². The minimum Gasteiger partial charge on any atom is -0.468 e. The smallest absolute Gasteiger partial charge is 0.325 e. The Labute approximate surface area is 104 Å². The molecule has 0 spiro atoms. The fraction of sp³-hybridized carbons (Fsp3) is 0.700. The Bertz CT molecular complexity index is 332. The van der Waals surface area contributed by atoms with Crippen molar-refractivity contribution in [3.05, 3.63) is 0 Å². The van der Waals surface area contributed by atoms with Crippen LogP contribution in [0.3, 0.4) is 0 Å². The molecule has 0 aliphatic carbocycles. The number of carbonyl (C=O) groups is 3. The largest absolute Gasteiger partial charge is 0.468 e. The minimum atomic E-state index is -0.530. The number of nitrogens with one attached hydrogen (secondary N) is 1. The standard InChI is InChI=1S/C10H16N2O4S/c1-10(2)12(6-13)7(5-17-10)9(15)11-4-8(14)16-3/h6-7H,4-5H2,1-3H3,(H,11,15)/t7-/m0/s1. The second kappa shape index (κ2) is 5.39. The maximum absolute atomic E-state index is 11.8. The van der Waals surface area contributed by atoms with Crippen LogP contribution in [0.1, 0.15) is 13.8 Å². The average molecular weight is 260 g/mol. The second-order valence-corrected chi connectivity index (χ2v) is 5.70. The molecule has 1 aliphatic rings. The van der Waals surface area contributed by atoms with E-state index in [0.717, 1.165) is 0 Å². The third kappa shape index (κ3) is 3.12. The zero-order valence-electron chi connectivity index (χ0n) is 10.1. The molecule has 2 amide bonds. The average Bonchev–Trinajstić information content (AvgIpc) is 2.60. The van der Waals surface area contributed by atoms with Gasteiger partial charge in [0.15, 0.2) is 0 Å². The van der Waals surface area contributed by atoms with Crippen LogP contribution >= 0.6 is 11.8 Å². The second-order valence-electron chi connectivity index (χ2n) is 4.08. The summed E-state index contributed by atoms with van der Waals surface area (Å²) in [6.07, 6.45) is 0.669. The highest BCUT2D eigenvalue weighted by Crippen LogP contribution is 2.37. The fourth-order valence-electron chi connectivity index (χ4n) is 1.56. The third-order valence-electron chi connectivity index (χ3n) is 2.60. The molecule has 6 nitrogen and oxygen atoms in total. The molecular formula is C10H16N2O4S. The Kier molecular flexibility index (Phi) is 4.39. The first-order chi connectivity index (χ1) is 7.92. The molecule has 0 aromatic rings. The summed E-state index contributed by atoms with van der Waals surface area (Å²) in [4.78, 5) is 34.7. The number of rotatable bonds is 4. The topological polar surface area (TPSA) is 75.7 Å². The Hall–Kier alpha value is -1.24. The molecular weight excluding hydrogens is 244 g/mol. The molecule has 1 N–H and O–H groups in total.